The monoisotopic (exact) mass is 416 g/mol. The highest BCUT2D eigenvalue weighted by Crippen LogP contribution is 2.26. The Labute approximate surface area is 178 Å². The second-order valence-electron chi connectivity index (χ2n) is 7.13. The third-order valence-electron chi connectivity index (χ3n) is 4.82. The lowest BCUT2D eigenvalue weighted by Crippen LogP contribution is -2.50. The van der Waals surface area contributed by atoms with Crippen LogP contribution in [0.15, 0.2) is 30.7 Å². The number of nitrogens with zero attached hydrogens (tertiary/aromatic N) is 4. The normalized spacial score (nSPS) is 16.3. The molecule has 1 aliphatic heterocycles. The molecule has 0 aliphatic carbocycles. The number of piperazine rings is 1. The van der Waals surface area contributed by atoms with E-state index in [9.17, 15) is 0 Å². The molecule has 164 valence electrons. The Kier molecular flexibility index (Phi) is 8.92. The molecule has 0 saturated carbocycles. The molecular formula is C21H32N6O3. The predicted octanol–water partition coefficient (Wildman–Crippen LogP) is 1.64. The number of nitrogens with two attached hydrogens (primary N) is 1. The topological polar surface area (TPSA) is 108 Å². The number of hydrogen-bond acceptors (Lipinski definition) is 9. The summed E-state index contributed by atoms with van der Waals surface area (Å²) >= 11 is 0. The van der Waals surface area contributed by atoms with Crippen molar-refractivity contribution in [3.8, 4) is 17.5 Å². The maximum absolute atomic E-state index is 5.89. The summed E-state index contributed by atoms with van der Waals surface area (Å²) in [6.07, 6.45) is 8.02. The fourth-order valence-electron chi connectivity index (χ4n) is 3.25. The van der Waals surface area contributed by atoms with Gasteiger partial charge in [0, 0.05) is 44.3 Å². The van der Waals surface area contributed by atoms with Crippen LogP contribution in [0, 0.1) is 0 Å². The van der Waals surface area contributed by atoms with Crippen molar-refractivity contribution in [2.24, 2.45) is 5.73 Å². The van der Waals surface area contributed by atoms with E-state index < -0.39 is 0 Å². The van der Waals surface area contributed by atoms with E-state index in [4.69, 9.17) is 19.9 Å². The van der Waals surface area contributed by atoms with E-state index in [-0.39, 0.29) is 0 Å². The average Bonchev–Trinajstić information content (AvgIpc) is 2.78. The van der Waals surface area contributed by atoms with Gasteiger partial charge in [0.15, 0.2) is 11.6 Å². The summed E-state index contributed by atoms with van der Waals surface area (Å²) < 4.78 is 17.5. The number of rotatable bonds is 12. The van der Waals surface area contributed by atoms with Crippen LogP contribution in [0.3, 0.4) is 0 Å². The average molecular weight is 417 g/mol. The Bertz CT molecular complexity index is 763. The largest absolute Gasteiger partial charge is 0.484 e. The number of hydrogen-bond donors (Lipinski definition) is 2. The lowest BCUT2D eigenvalue weighted by atomic mass is 10.2. The smallest absolute Gasteiger partial charge is 0.257 e. The molecule has 0 amide bonds. The molecule has 2 aromatic rings. The Morgan fingerprint density at radius 2 is 1.80 bits per heavy atom. The van der Waals surface area contributed by atoms with E-state index in [1.165, 1.54) is 0 Å². The van der Waals surface area contributed by atoms with Gasteiger partial charge >= 0.3 is 0 Å². The van der Waals surface area contributed by atoms with Crippen LogP contribution in [-0.4, -0.2) is 67.0 Å². The molecule has 1 saturated heterocycles. The molecule has 3 heterocycles. The molecule has 0 bridgehead atoms. The number of pyridine rings is 1. The Morgan fingerprint density at radius 1 is 1.00 bits per heavy atom. The van der Waals surface area contributed by atoms with E-state index >= 15 is 0 Å². The lowest BCUT2D eigenvalue weighted by molar-refractivity contribution is 0.199. The van der Waals surface area contributed by atoms with Gasteiger partial charge in [0.1, 0.15) is 13.2 Å². The van der Waals surface area contributed by atoms with Crippen LogP contribution >= 0.6 is 0 Å². The molecule has 1 aliphatic rings. The van der Waals surface area contributed by atoms with Crippen LogP contribution < -0.4 is 30.2 Å². The van der Waals surface area contributed by atoms with Crippen LogP contribution in [0.1, 0.15) is 26.2 Å². The molecule has 2 aromatic heterocycles. The number of nitrogens with one attached hydrogen (secondary N) is 1. The quantitative estimate of drug-likeness (QED) is 0.499. The van der Waals surface area contributed by atoms with Crippen molar-refractivity contribution >= 4 is 5.82 Å². The summed E-state index contributed by atoms with van der Waals surface area (Å²) in [7, 11) is 0. The first kappa shape index (κ1) is 22.0. The lowest BCUT2D eigenvalue weighted by Gasteiger charge is -2.35. The van der Waals surface area contributed by atoms with Crippen molar-refractivity contribution in [1.82, 2.24) is 20.3 Å². The Morgan fingerprint density at radius 3 is 2.67 bits per heavy atom. The molecule has 3 N–H and O–H groups in total. The van der Waals surface area contributed by atoms with Crippen LogP contribution in [0.5, 0.6) is 17.5 Å². The van der Waals surface area contributed by atoms with Crippen molar-refractivity contribution in [2.75, 3.05) is 50.9 Å². The maximum Gasteiger partial charge on any atom is 0.257 e. The molecule has 3 rings (SSSR count). The van der Waals surface area contributed by atoms with E-state index in [1.54, 1.807) is 18.6 Å². The van der Waals surface area contributed by atoms with E-state index in [0.717, 1.165) is 44.7 Å². The summed E-state index contributed by atoms with van der Waals surface area (Å²) in [6, 6.07) is 4.00. The van der Waals surface area contributed by atoms with Gasteiger partial charge in [-0.05, 0) is 44.9 Å². The van der Waals surface area contributed by atoms with Gasteiger partial charge in [0.2, 0.25) is 0 Å². The van der Waals surface area contributed by atoms with E-state index in [1.807, 2.05) is 12.1 Å². The third kappa shape index (κ3) is 6.43. The van der Waals surface area contributed by atoms with Gasteiger partial charge < -0.3 is 30.2 Å². The standard InChI is InChI=1S/C21H32N6O3/c1-17-16-23-11-12-27(17)19-21(26-10-9-24-19)30-15-14-28-18-6-5-8-25-20(18)29-13-4-2-3-7-22/h5-6,8-10,17,23H,2-4,7,11-16,22H2,1H3/t17-/m1/s1. The summed E-state index contributed by atoms with van der Waals surface area (Å²) in [4.78, 5) is 15.3. The summed E-state index contributed by atoms with van der Waals surface area (Å²) in [5.74, 6) is 2.40. The van der Waals surface area contributed by atoms with Crippen LogP contribution in [0.25, 0.3) is 0 Å². The fourth-order valence-corrected chi connectivity index (χ4v) is 3.25. The van der Waals surface area contributed by atoms with Gasteiger partial charge in [-0.15, -0.1) is 0 Å². The molecule has 0 aromatic carbocycles. The van der Waals surface area contributed by atoms with Crippen molar-refractivity contribution in [2.45, 2.75) is 32.2 Å². The number of anilines is 1. The fraction of sp³-hybridized carbons (Fsp3) is 0.571. The van der Waals surface area contributed by atoms with Gasteiger partial charge in [-0.2, -0.15) is 0 Å². The molecular weight excluding hydrogens is 384 g/mol. The maximum atomic E-state index is 5.89. The first-order valence-electron chi connectivity index (χ1n) is 10.6. The van der Waals surface area contributed by atoms with Crippen LogP contribution in [0.2, 0.25) is 0 Å². The number of aromatic nitrogens is 3. The summed E-state index contributed by atoms with van der Waals surface area (Å²) in [6.45, 7) is 6.85. The minimum absolute atomic E-state index is 0.328. The van der Waals surface area contributed by atoms with Crippen molar-refractivity contribution in [3.63, 3.8) is 0 Å². The molecule has 1 atom stereocenters. The molecule has 0 unspecified atom stereocenters. The van der Waals surface area contributed by atoms with Crippen LogP contribution in [0.4, 0.5) is 5.82 Å². The SMILES string of the molecule is C[C@@H]1CNCCN1c1nccnc1OCCOc1cccnc1OCCCCCN. The van der Waals surface area contributed by atoms with Gasteiger partial charge in [-0.25, -0.2) is 15.0 Å². The minimum Gasteiger partial charge on any atom is -0.484 e. The predicted molar refractivity (Wildman–Crippen MR) is 115 cm³/mol. The second-order valence-corrected chi connectivity index (χ2v) is 7.13. The van der Waals surface area contributed by atoms with Crippen LogP contribution in [-0.2, 0) is 0 Å². The van der Waals surface area contributed by atoms with Gasteiger partial charge in [-0.3, -0.25) is 0 Å². The molecule has 9 nitrogen and oxygen atoms in total. The first-order valence-corrected chi connectivity index (χ1v) is 10.6. The first-order chi connectivity index (χ1) is 14.8. The van der Waals surface area contributed by atoms with Gasteiger partial charge in [0.25, 0.3) is 11.8 Å². The third-order valence-corrected chi connectivity index (χ3v) is 4.82. The highest BCUT2D eigenvalue weighted by molar-refractivity contribution is 5.49. The molecule has 1 fully saturated rings. The highest BCUT2D eigenvalue weighted by Gasteiger charge is 2.23. The van der Waals surface area contributed by atoms with E-state index in [2.05, 4.69) is 32.1 Å². The molecule has 0 radical (unpaired) electrons. The Balaban J connectivity index is 1.49. The zero-order valence-electron chi connectivity index (χ0n) is 17.6. The second kappa shape index (κ2) is 12.1. The summed E-state index contributed by atoms with van der Waals surface area (Å²) in [5, 5.41) is 3.38. The van der Waals surface area contributed by atoms with Crippen molar-refractivity contribution < 1.29 is 14.2 Å². The minimum atomic E-state index is 0.328. The van der Waals surface area contributed by atoms with Crippen molar-refractivity contribution in [3.05, 3.63) is 30.7 Å². The van der Waals surface area contributed by atoms with Gasteiger partial charge in [0.05, 0.1) is 6.61 Å². The highest BCUT2D eigenvalue weighted by atomic mass is 16.5. The van der Waals surface area contributed by atoms with E-state index in [0.29, 0.717) is 49.9 Å². The molecule has 30 heavy (non-hydrogen) atoms. The Hall–Kier alpha value is -2.65. The number of ether oxygens (including phenoxy) is 3. The zero-order chi connectivity index (χ0) is 21.0. The molecule has 9 heteroatoms. The zero-order valence-corrected chi connectivity index (χ0v) is 17.6. The summed E-state index contributed by atoms with van der Waals surface area (Å²) in [5.41, 5.74) is 5.52. The number of unbranched alkanes of at least 4 members (excludes halogenated alkanes) is 2. The van der Waals surface area contributed by atoms with Crippen molar-refractivity contribution in [1.29, 1.82) is 0 Å². The molecule has 0 spiro atoms. The van der Waals surface area contributed by atoms with Gasteiger partial charge in [-0.1, -0.05) is 0 Å².